The topological polar surface area (TPSA) is 51.2 Å². The van der Waals surface area contributed by atoms with Crippen molar-refractivity contribution in [1.82, 2.24) is 10.5 Å². The Hall–Kier alpha value is -1.49. The molecule has 1 rings (SSSR count). The van der Waals surface area contributed by atoms with Crippen LogP contribution in [-0.2, 0) is 10.3 Å². The lowest BCUT2D eigenvalue weighted by Gasteiger charge is -2.22. The van der Waals surface area contributed by atoms with Gasteiger partial charge in [-0.15, -0.1) is 0 Å². The second-order valence-corrected chi connectivity index (χ2v) is 6.67. The number of rotatable bonds is 5. The third-order valence-electron chi connectivity index (χ3n) is 2.75. The molecule has 1 amide bonds. The van der Waals surface area contributed by atoms with Crippen molar-refractivity contribution >= 4 is 5.91 Å². The van der Waals surface area contributed by atoms with Crippen molar-refractivity contribution in [1.29, 1.82) is 0 Å². The summed E-state index contributed by atoms with van der Waals surface area (Å²) in [6, 6.07) is 3.40. The summed E-state index contributed by atoms with van der Waals surface area (Å²) in [6.45, 7) is 13.0. The molecule has 126 valence electrons. The number of nitrogens with one attached hydrogen (secondary N) is 1. The molecule has 22 heavy (non-hydrogen) atoms. The molecule has 0 bridgehead atoms. The summed E-state index contributed by atoms with van der Waals surface area (Å²) in [5.74, 6) is -0.363. The minimum atomic E-state index is -0.616. The number of carbonyl (C=O) groups excluding carboxylic acids is 1. The van der Waals surface area contributed by atoms with Gasteiger partial charge < -0.3 is 0 Å². The molecule has 1 aromatic heterocycles. The van der Waals surface area contributed by atoms with Crippen molar-refractivity contribution < 1.29 is 14.0 Å². The second kappa shape index (κ2) is 8.83. The van der Waals surface area contributed by atoms with E-state index in [1.807, 2.05) is 34.6 Å². The molecule has 1 N–H and O–H groups in total. The van der Waals surface area contributed by atoms with Gasteiger partial charge in [0.1, 0.15) is 0 Å². The van der Waals surface area contributed by atoms with Crippen LogP contribution in [0.1, 0.15) is 64.5 Å². The highest BCUT2D eigenvalue weighted by Gasteiger charge is 2.24. The fraction of sp³-hybridized carbons (Fsp3) is 0.647. The summed E-state index contributed by atoms with van der Waals surface area (Å²) < 4.78 is 12.6. The Labute approximate surface area is 133 Å². The second-order valence-electron chi connectivity index (χ2n) is 6.67. The molecule has 0 spiro atoms. The molecule has 4 nitrogen and oxygen atoms in total. The lowest BCUT2D eigenvalue weighted by Crippen LogP contribution is -2.32. The van der Waals surface area contributed by atoms with Crippen molar-refractivity contribution in [3.05, 3.63) is 29.6 Å². The smallest absolute Gasteiger partial charge is 0.273 e. The van der Waals surface area contributed by atoms with Gasteiger partial charge >= 0.3 is 0 Å². The van der Waals surface area contributed by atoms with E-state index in [0.717, 1.165) is 0 Å². The molecular weight excluding hydrogens is 283 g/mol. The Morgan fingerprint density at radius 1 is 1.27 bits per heavy atom. The van der Waals surface area contributed by atoms with Crippen LogP contribution in [0.5, 0.6) is 0 Å². The maximum atomic E-state index is 12.6. The van der Waals surface area contributed by atoms with Crippen LogP contribution >= 0.6 is 0 Å². The van der Waals surface area contributed by atoms with Crippen molar-refractivity contribution in [3.8, 4) is 0 Å². The maximum absolute atomic E-state index is 12.6. The lowest BCUT2D eigenvalue weighted by atomic mass is 9.88. The van der Waals surface area contributed by atoms with E-state index in [9.17, 15) is 9.18 Å². The Morgan fingerprint density at radius 2 is 1.86 bits per heavy atom. The summed E-state index contributed by atoms with van der Waals surface area (Å²) in [6.07, 6.45) is 1.66. The van der Waals surface area contributed by atoms with Crippen molar-refractivity contribution in [2.24, 2.45) is 5.41 Å². The highest BCUT2D eigenvalue weighted by Crippen LogP contribution is 2.23. The van der Waals surface area contributed by atoms with E-state index in [1.54, 1.807) is 32.2 Å². The molecule has 0 saturated carbocycles. The van der Waals surface area contributed by atoms with Crippen molar-refractivity contribution in [3.63, 3.8) is 0 Å². The molecule has 0 radical (unpaired) electrons. The van der Waals surface area contributed by atoms with Gasteiger partial charge in [-0.2, -0.15) is 0 Å². The predicted molar refractivity (Wildman–Crippen MR) is 87.5 cm³/mol. The van der Waals surface area contributed by atoms with Crippen molar-refractivity contribution in [2.45, 2.75) is 53.9 Å². The minimum absolute atomic E-state index is 0.111. The number of hydrogen-bond acceptors (Lipinski definition) is 3. The molecule has 5 heteroatoms. The van der Waals surface area contributed by atoms with Crippen molar-refractivity contribution in [2.75, 3.05) is 13.3 Å². The molecule has 0 atom stereocenters. The van der Waals surface area contributed by atoms with E-state index in [1.165, 1.54) is 0 Å². The van der Waals surface area contributed by atoms with E-state index in [-0.39, 0.29) is 17.9 Å². The number of hydrogen-bond donors (Lipinski definition) is 1. The Kier molecular flexibility index (Phi) is 8.23. The van der Waals surface area contributed by atoms with Crippen LogP contribution in [0.3, 0.4) is 0 Å². The Morgan fingerprint density at radius 3 is 2.36 bits per heavy atom. The number of halogens is 1. The number of alkyl halides is 1. The van der Waals surface area contributed by atoms with Gasteiger partial charge in [-0.25, -0.2) is 5.48 Å². The van der Waals surface area contributed by atoms with E-state index in [4.69, 9.17) is 4.84 Å². The zero-order valence-electron chi connectivity index (χ0n) is 14.8. The number of amides is 1. The fourth-order valence-corrected chi connectivity index (χ4v) is 1.58. The summed E-state index contributed by atoms with van der Waals surface area (Å²) in [5.41, 5.74) is 2.67. The highest BCUT2D eigenvalue weighted by atomic mass is 19.1. The molecule has 0 unspecified atom stereocenters. The number of nitrogens with zero attached hydrogens (tertiary/aromatic N) is 1. The number of hydroxylamine groups is 1. The van der Waals surface area contributed by atoms with Gasteiger partial charge in [0.2, 0.25) is 0 Å². The van der Waals surface area contributed by atoms with E-state index in [2.05, 4.69) is 10.5 Å². The number of pyridine rings is 1. The van der Waals surface area contributed by atoms with Crippen LogP contribution in [-0.4, -0.2) is 24.2 Å². The molecular formula is C17H29FN2O2. The third kappa shape index (κ3) is 6.52. The molecule has 1 aromatic rings. The largest absolute Gasteiger partial charge is 0.276 e. The average molecular weight is 312 g/mol. The summed E-state index contributed by atoms with van der Waals surface area (Å²) in [7, 11) is 0. The predicted octanol–water partition coefficient (Wildman–Crippen LogP) is 4.06. The lowest BCUT2D eigenvalue weighted by molar-refractivity contribution is -0.00972. The first-order valence-corrected chi connectivity index (χ1v) is 7.61. The monoisotopic (exact) mass is 312 g/mol. The maximum Gasteiger partial charge on any atom is 0.276 e. The van der Waals surface area contributed by atoms with E-state index in [0.29, 0.717) is 11.3 Å². The van der Waals surface area contributed by atoms with Crippen LogP contribution in [0.15, 0.2) is 18.3 Å². The van der Waals surface area contributed by atoms with Crippen LogP contribution in [0.4, 0.5) is 4.39 Å². The number of carbonyl (C=O) groups is 1. The third-order valence-corrected chi connectivity index (χ3v) is 2.75. The first-order valence-electron chi connectivity index (χ1n) is 7.61. The first kappa shape index (κ1) is 20.5. The van der Waals surface area contributed by atoms with E-state index < -0.39 is 12.1 Å². The zero-order chi connectivity index (χ0) is 17.4. The summed E-state index contributed by atoms with van der Waals surface area (Å²) >= 11 is 0. The SMILES string of the molecule is CC.CC(C)(CF)CONC(=O)c1cccnc1C(C)(C)C. The minimum Gasteiger partial charge on any atom is -0.273 e. The summed E-state index contributed by atoms with van der Waals surface area (Å²) in [5, 5.41) is 0. The Balaban J connectivity index is 0.00000211. The van der Waals surface area contributed by atoms with Gasteiger partial charge in [0.05, 0.1) is 24.5 Å². The highest BCUT2D eigenvalue weighted by molar-refractivity contribution is 5.94. The van der Waals surface area contributed by atoms with Gasteiger partial charge in [-0.05, 0) is 12.1 Å². The Bertz CT molecular complexity index is 468. The van der Waals surface area contributed by atoms with Gasteiger partial charge in [0.25, 0.3) is 5.91 Å². The zero-order valence-corrected chi connectivity index (χ0v) is 14.8. The van der Waals surface area contributed by atoms with Gasteiger partial charge in [-0.1, -0.05) is 48.5 Å². The average Bonchev–Trinajstić information content (AvgIpc) is 2.48. The van der Waals surface area contributed by atoms with Gasteiger partial charge in [0.15, 0.2) is 0 Å². The molecule has 0 saturated heterocycles. The first-order chi connectivity index (χ1) is 10.2. The molecule has 0 fully saturated rings. The van der Waals surface area contributed by atoms with Crippen LogP contribution in [0, 0.1) is 5.41 Å². The van der Waals surface area contributed by atoms with Crippen LogP contribution < -0.4 is 5.48 Å². The molecule has 0 aliphatic rings. The van der Waals surface area contributed by atoms with Gasteiger partial charge in [-0.3, -0.25) is 19.0 Å². The fourth-order valence-electron chi connectivity index (χ4n) is 1.58. The summed E-state index contributed by atoms with van der Waals surface area (Å²) in [4.78, 5) is 21.5. The molecule has 0 aromatic carbocycles. The molecule has 0 aliphatic carbocycles. The van der Waals surface area contributed by atoms with Crippen LogP contribution in [0.25, 0.3) is 0 Å². The van der Waals surface area contributed by atoms with E-state index >= 15 is 0 Å². The standard InChI is InChI=1S/C15H23FN2O2.C2H6/c1-14(2,3)12-11(7-6-8-17-12)13(19)18-20-10-15(4,5)9-16;1-2/h6-8H,9-10H2,1-5H3,(H,18,19);1-2H3. The normalized spacial score (nSPS) is 11.5. The quantitative estimate of drug-likeness (QED) is 0.834. The molecule has 0 aliphatic heterocycles. The molecule has 1 heterocycles. The number of aromatic nitrogens is 1. The van der Waals surface area contributed by atoms with Gasteiger partial charge in [0, 0.05) is 17.0 Å². The van der Waals surface area contributed by atoms with Crippen LogP contribution in [0.2, 0.25) is 0 Å².